The maximum atomic E-state index is 13.2. The average Bonchev–Trinajstić information content (AvgIpc) is 3.25. The van der Waals surface area contributed by atoms with Gasteiger partial charge in [-0.2, -0.15) is 0 Å². The summed E-state index contributed by atoms with van der Waals surface area (Å²) < 4.78 is 38.6. The lowest BCUT2D eigenvalue weighted by atomic mass is 10.1. The summed E-state index contributed by atoms with van der Waals surface area (Å²) in [6.45, 7) is 0.148. The van der Waals surface area contributed by atoms with Crippen molar-refractivity contribution < 1.29 is 17.9 Å². The van der Waals surface area contributed by atoms with Gasteiger partial charge in [-0.15, -0.1) is 11.6 Å². The van der Waals surface area contributed by atoms with Crippen LogP contribution in [0.5, 0.6) is 11.5 Å². The Balaban J connectivity index is 1.89. The molecular formula is C19H18ClNO4S. The van der Waals surface area contributed by atoms with E-state index in [1.807, 2.05) is 6.07 Å². The van der Waals surface area contributed by atoms with Crippen LogP contribution in [0, 0.1) is 0 Å². The van der Waals surface area contributed by atoms with Gasteiger partial charge in [0, 0.05) is 23.5 Å². The van der Waals surface area contributed by atoms with Gasteiger partial charge in [0.1, 0.15) is 0 Å². The molecule has 0 atom stereocenters. The number of rotatable bonds is 6. The minimum absolute atomic E-state index is 0.148. The molecule has 1 aromatic heterocycles. The molecule has 0 saturated carbocycles. The Morgan fingerprint density at radius 2 is 1.77 bits per heavy atom. The summed E-state index contributed by atoms with van der Waals surface area (Å²) in [6, 6.07) is 12.0. The number of alkyl halides is 1. The van der Waals surface area contributed by atoms with E-state index in [1.165, 1.54) is 3.97 Å². The fourth-order valence-corrected chi connectivity index (χ4v) is 4.76. The summed E-state index contributed by atoms with van der Waals surface area (Å²) in [5, 5.41) is 0.864. The predicted molar refractivity (Wildman–Crippen MR) is 101 cm³/mol. The number of fused-ring (bicyclic) bond motifs is 2. The molecule has 0 bridgehead atoms. The van der Waals surface area contributed by atoms with Gasteiger partial charge in [0.15, 0.2) is 11.5 Å². The smallest absolute Gasteiger partial charge is 0.268 e. The molecule has 0 fully saturated rings. The van der Waals surface area contributed by atoms with Crippen molar-refractivity contribution in [2.75, 3.05) is 12.7 Å². The molecule has 4 rings (SSSR count). The lowest BCUT2D eigenvalue weighted by Crippen LogP contribution is -2.11. The first-order valence-corrected chi connectivity index (χ1v) is 10.4. The topological polar surface area (TPSA) is 57.5 Å². The number of hydrogen-bond donors (Lipinski definition) is 0. The fourth-order valence-electron chi connectivity index (χ4n) is 3.17. The number of halogens is 1. The Morgan fingerprint density at radius 3 is 2.50 bits per heavy atom. The normalized spacial score (nSPS) is 13.4. The molecule has 0 spiro atoms. The highest BCUT2D eigenvalue weighted by Gasteiger charge is 2.24. The lowest BCUT2D eigenvalue weighted by Gasteiger charge is -2.07. The molecule has 2 heterocycles. The van der Waals surface area contributed by atoms with Crippen LogP contribution in [0.2, 0.25) is 0 Å². The van der Waals surface area contributed by atoms with E-state index in [9.17, 15) is 8.42 Å². The second-order valence-electron chi connectivity index (χ2n) is 6.14. The van der Waals surface area contributed by atoms with Gasteiger partial charge in [-0.3, -0.25) is 0 Å². The van der Waals surface area contributed by atoms with E-state index in [-0.39, 0.29) is 11.7 Å². The maximum absolute atomic E-state index is 13.2. The van der Waals surface area contributed by atoms with Crippen molar-refractivity contribution in [1.29, 1.82) is 0 Å². The standard InChI is InChI=1S/C19H18ClNO4S/c20-9-5-4-6-14-12-21(26(22,23)15-7-2-1-3-8-15)17-11-19-18(10-16(14)17)24-13-25-19/h1-3,7-8,10-12H,4-6,9,13H2. The minimum atomic E-state index is -3.70. The molecule has 2 aromatic carbocycles. The zero-order valence-electron chi connectivity index (χ0n) is 14.0. The number of benzene rings is 2. The summed E-state index contributed by atoms with van der Waals surface area (Å²) in [6.07, 6.45) is 4.23. The third kappa shape index (κ3) is 2.93. The lowest BCUT2D eigenvalue weighted by molar-refractivity contribution is 0.174. The summed E-state index contributed by atoms with van der Waals surface area (Å²) >= 11 is 5.78. The summed E-state index contributed by atoms with van der Waals surface area (Å²) in [4.78, 5) is 0.252. The van der Waals surface area contributed by atoms with Crippen LogP contribution in [0.25, 0.3) is 10.9 Å². The fraction of sp³-hybridized carbons (Fsp3) is 0.263. The number of aryl methyl sites for hydroxylation is 1. The number of nitrogens with zero attached hydrogens (tertiary/aromatic N) is 1. The third-order valence-electron chi connectivity index (χ3n) is 4.48. The molecule has 0 amide bonds. The van der Waals surface area contributed by atoms with Crippen LogP contribution < -0.4 is 9.47 Å². The quantitative estimate of drug-likeness (QED) is 0.467. The largest absolute Gasteiger partial charge is 0.454 e. The van der Waals surface area contributed by atoms with Crippen LogP contribution in [0.15, 0.2) is 53.6 Å². The van der Waals surface area contributed by atoms with Crippen LogP contribution in [-0.2, 0) is 16.4 Å². The second kappa shape index (κ2) is 6.85. The first kappa shape index (κ1) is 17.2. The summed E-state index contributed by atoms with van der Waals surface area (Å²) in [7, 11) is -3.70. The van der Waals surface area contributed by atoms with Crippen molar-refractivity contribution in [1.82, 2.24) is 3.97 Å². The first-order chi connectivity index (χ1) is 12.6. The van der Waals surface area contributed by atoms with E-state index < -0.39 is 10.0 Å². The molecular weight excluding hydrogens is 374 g/mol. The van der Waals surface area contributed by atoms with Crippen LogP contribution >= 0.6 is 11.6 Å². The van der Waals surface area contributed by atoms with Crippen LogP contribution in [0.1, 0.15) is 18.4 Å². The Bertz CT molecular complexity index is 1040. The highest BCUT2D eigenvalue weighted by Crippen LogP contribution is 2.39. The minimum Gasteiger partial charge on any atom is -0.454 e. The highest BCUT2D eigenvalue weighted by molar-refractivity contribution is 7.90. The zero-order valence-corrected chi connectivity index (χ0v) is 15.6. The molecule has 0 N–H and O–H groups in total. The molecule has 3 aromatic rings. The average molecular weight is 392 g/mol. The van der Waals surface area contributed by atoms with Gasteiger partial charge in [-0.05, 0) is 43.0 Å². The van der Waals surface area contributed by atoms with Crippen molar-refractivity contribution in [3.63, 3.8) is 0 Å². The van der Waals surface area contributed by atoms with Crippen LogP contribution in [-0.4, -0.2) is 25.1 Å². The monoisotopic (exact) mass is 391 g/mol. The molecule has 0 unspecified atom stereocenters. The van der Waals surface area contributed by atoms with Gasteiger partial charge in [-0.1, -0.05) is 18.2 Å². The Labute approximate surface area is 157 Å². The Hall–Kier alpha value is -2.18. The zero-order chi connectivity index (χ0) is 18.1. The first-order valence-electron chi connectivity index (χ1n) is 8.41. The van der Waals surface area contributed by atoms with Gasteiger partial charge >= 0.3 is 0 Å². The van der Waals surface area contributed by atoms with E-state index in [0.717, 1.165) is 30.2 Å². The number of hydrogen-bond acceptors (Lipinski definition) is 4. The van der Waals surface area contributed by atoms with E-state index >= 15 is 0 Å². The van der Waals surface area contributed by atoms with Gasteiger partial charge in [-0.25, -0.2) is 12.4 Å². The number of unbranched alkanes of at least 4 members (excludes halogenated alkanes) is 1. The summed E-state index contributed by atoms with van der Waals surface area (Å²) in [5.74, 6) is 1.80. The van der Waals surface area contributed by atoms with E-state index in [0.29, 0.717) is 22.9 Å². The van der Waals surface area contributed by atoms with Crippen molar-refractivity contribution in [3.8, 4) is 11.5 Å². The van der Waals surface area contributed by atoms with Gasteiger partial charge in [0.2, 0.25) is 6.79 Å². The van der Waals surface area contributed by atoms with Crippen LogP contribution in [0.3, 0.4) is 0 Å². The van der Waals surface area contributed by atoms with Gasteiger partial charge in [0.25, 0.3) is 10.0 Å². The maximum Gasteiger partial charge on any atom is 0.268 e. The molecule has 136 valence electrons. The Morgan fingerprint density at radius 1 is 1.04 bits per heavy atom. The van der Waals surface area contributed by atoms with E-state index in [1.54, 1.807) is 42.6 Å². The van der Waals surface area contributed by atoms with Crippen molar-refractivity contribution in [2.24, 2.45) is 0 Å². The molecule has 7 heteroatoms. The summed E-state index contributed by atoms with van der Waals surface area (Å²) in [5.41, 5.74) is 1.56. The predicted octanol–water partition coefficient (Wildman–Crippen LogP) is 4.17. The molecule has 1 aliphatic heterocycles. The Kier molecular flexibility index (Phi) is 4.54. The molecule has 5 nitrogen and oxygen atoms in total. The third-order valence-corrected chi connectivity index (χ3v) is 6.43. The van der Waals surface area contributed by atoms with E-state index in [4.69, 9.17) is 21.1 Å². The van der Waals surface area contributed by atoms with Gasteiger partial charge in [0.05, 0.1) is 10.4 Å². The second-order valence-corrected chi connectivity index (χ2v) is 8.33. The molecule has 0 saturated heterocycles. The van der Waals surface area contributed by atoms with Crippen molar-refractivity contribution in [2.45, 2.75) is 24.2 Å². The van der Waals surface area contributed by atoms with Gasteiger partial charge < -0.3 is 9.47 Å². The highest BCUT2D eigenvalue weighted by atomic mass is 35.5. The van der Waals surface area contributed by atoms with Crippen molar-refractivity contribution >= 4 is 32.5 Å². The number of aromatic nitrogens is 1. The molecule has 0 radical (unpaired) electrons. The van der Waals surface area contributed by atoms with E-state index in [2.05, 4.69) is 0 Å². The molecule has 26 heavy (non-hydrogen) atoms. The molecule has 0 aliphatic carbocycles. The number of ether oxygens (including phenoxy) is 2. The SMILES string of the molecule is O=S(=O)(c1ccccc1)n1cc(CCCCCl)c2cc3c(cc21)OCO3. The van der Waals surface area contributed by atoms with Crippen molar-refractivity contribution in [3.05, 3.63) is 54.2 Å². The molecule has 1 aliphatic rings. The van der Waals surface area contributed by atoms with Crippen LogP contribution in [0.4, 0.5) is 0 Å².